The number of halogens is 4. The van der Waals surface area contributed by atoms with Crippen LogP contribution in [0.15, 0.2) is 41.3 Å². The molecule has 0 saturated carbocycles. The average molecular weight is 551 g/mol. The molecule has 3 N–H and O–H groups in total. The maximum atomic E-state index is 13.6. The Labute approximate surface area is 213 Å². The first kappa shape index (κ1) is 31.7. The van der Waals surface area contributed by atoms with Crippen molar-refractivity contribution in [3.05, 3.63) is 53.3 Å². The number of aromatic carboxylic acids is 1. The zero-order valence-electron chi connectivity index (χ0n) is 20.9. The van der Waals surface area contributed by atoms with Gasteiger partial charge in [0.25, 0.3) is 10.0 Å². The van der Waals surface area contributed by atoms with Crippen molar-refractivity contribution >= 4 is 33.3 Å². The first-order valence-corrected chi connectivity index (χ1v) is 12.5. The number of benzene rings is 2. The lowest BCUT2D eigenvalue weighted by atomic mass is 10.1. The predicted octanol–water partition coefficient (Wildman–Crippen LogP) is 5.38. The standard InChI is InChI=1S/C22H29FN2O4S.C2HF3O2/c1-14(2)12-25(13-15(3)4)20-9-8-18(11-19(20)22(26)27)24-30(28,29)21-10-17(23)7-6-16(21)5;3-2(4,5)1(6)7/h6-11,14-15,24H,12-13H2,1-5H3,(H,26,27);(H,6,7). The van der Waals surface area contributed by atoms with Crippen molar-refractivity contribution in [1.29, 1.82) is 0 Å². The molecule has 0 unspecified atom stereocenters. The normalized spacial score (nSPS) is 11.6. The van der Waals surface area contributed by atoms with E-state index in [1.807, 2.05) is 4.90 Å². The van der Waals surface area contributed by atoms with Crippen molar-refractivity contribution in [2.45, 2.75) is 45.7 Å². The summed E-state index contributed by atoms with van der Waals surface area (Å²) in [6.45, 7) is 11.1. The number of hydrogen-bond donors (Lipinski definition) is 3. The summed E-state index contributed by atoms with van der Waals surface area (Å²) in [5.74, 6) is -3.93. The second-order valence-corrected chi connectivity index (χ2v) is 10.7. The van der Waals surface area contributed by atoms with Crippen LogP contribution in [0.4, 0.5) is 28.9 Å². The van der Waals surface area contributed by atoms with E-state index >= 15 is 0 Å². The van der Waals surface area contributed by atoms with Gasteiger partial charge >= 0.3 is 18.1 Å². The Morgan fingerprint density at radius 3 is 1.92 bits per heavy atom. The Balaban J connectivity index is 0.000000856. The van der Waals surface area contributed by atoms with E-state index in [4.69, 9.17) is 9.90 Å². The van der Waals surface area contributed by atoms with E-state index in [2.05, 4.69) is 32.4 Å². The van der Waals surface area contributed by atoms with Gasteiger partial charge in [0.2, 0.25) is 0 Å². The lowest BCUT2D eigenvalue weighted by Gasteiger charge is -2.30. The number of carbonyl (C=O) groups is 2. The van der Waals surface area contributed by atoms with Gasteiger partial charge in [0.05, 0.1) is 16.1 Å². The third-order valence-corrected chi connectivity index (χ3v) is 6.20. The SMILES string of the molecule is Cc1ccc(F)cc1S(=O)(=O)Nc1ccc(N(CC(C)C)CC(C)C)c(C(=O)O)c1.O=C(O)C(F)(F)F. The van der Waals surface area contributed by atoms with Crippen LogP contribution in [0.1, 0.15) is 43.6 Å². The Morgan fingerprint density at radius 2 is 1.49 bits per heavy atom. The molecule has 2 aromatic carbocycles. The number of nitrogens with one attached hydrogen (secondary N) is 1. The van der Waals surface area contributed by atoms with Gasteiger partial charge in [-0.25, -0.2) is 22.4 Å². The lowest BCUT2D eigenvalue weighted by molar-refractivity contribution is -0.192. The van der Waals surface area contributed by atoms with Crippen LogP contribution in [-0.2, 0) is 14.8 Å². The molecule has 0 heterocycles. The highest BCUT2D eigenvalue weighted by Crippen LogP contribution is 2.28. The summed E-state index contributed by atoms with van der Waals surface area (Å²) in [6, 6.07) is 7.95. The molecule has 0 aliphatic carbocycles. The van der Waals surface area contributed by atoms with Crippen LogP contribution in [-0.4, -0.2) is 49.8 Å². The Hall–Kier alpha value is -3.35. The topological polar surface area (TPSA) is 124 Å². The molecule has 0 amide bonds. The molecule has 8 nitrogen and oxygen atoms in total. The van der Waals surface area contributed by atoms with E-state index in [-0.39, 0.29) is 16.1 Å². The summed E-state index contributed by atoms with van der Waals surface area (Å²) in [4.78, 5) is 22.6. The quantitative estimate of drug-likeness (QED) is 0.358. The molecule has 0 radical (unpaired) electrons. The van der Waals surface area contributed by atoms with Crippen LogP contribution in [0, 0.1) is 24.6 Å². The third kappa shape index (κ3) is 9.90. The van der Waals surface area contributed by atoms with Crippen molar-refractivity contribution in [3.63, 3.8) is 0 Å². The molecule has 2 rings (SSSR count). The van der Waals surface area contributed by atoms with Gasteiger partial charge in [0, 0.05) is 18.8 Å². The molecule has 2 aromatic rings. The van der Waals surface area contributed by atoms with Crippen LogP contribution in [0.25, 0.3) is 0 Å². The molecule has 0 aliphatic heterocycles. The van der Waals surface area contributed by atoms with Crippen LogP contribution in [0.5, 0.6) is 0 Å². The number of rotatable bonds is 9. The maximum absolute atomic E-state index is 13.6. The minimum Gasteiger partial charge on any atom is -0.478 e. The van der Waals surface area contributed by atoms with Gasteiger partial charge in [0.1, 0.15) is 5.82 Å². The number of hydrogen-bond acceptors (Lipinski definition) is 5. The summed E-state index contributed by atoms with van der Waals surface area (Å²) < 4.78 is 73.1. The van der Waals surface area contributed by atoms with E-state index in [0.717, 1.165) is 6.07 Å². The zero-order valence-corrected chi connectivity index (χ0v) is 21.7. The molecular formula is C24H30F4N2O6S. The monoisotopic (exact) mass is 550 g/mol. The summed E-state index contributed by atoms with van der Waals surface area (Å²) >= 11 is 0. The second kappa shape index (κ2) is 12.7. The molecule has 206 valence electrons. The fourth-order valence-electron chi connectivity index (χ4n) is 3.27. The number of aliphatic carboxylic acids is 1. The number of alkyl halides is 3. The third-order valence-electron chi connectivity index (χ3n) is 4.67. The molecule has 0 fully saturated rings. The molecule has 0 saturated heterocycles. The van der Waals surface area contributed by atoms with Gasteiger partial charge in [-0.1, -0.05) is 33.8 Å². The largest absolute Gasteiger partial charge is 0.490 e. The number of carboxylic acid groups (broad SMARTS) is 2. The van der Waals surface area contributed by atoms with E-state index < -0.39 is 34.0 Å². The van der Waals surface area contributed by atoms with E-state index in [9.17, 15) is 35.9 Å². The molecular weight excluding hydrogens is 520 g/mol. The van der Waals surface area contributed by atoms with Gasteiger partial charge < -0.3 is 15.1 Å². The van der Waals surface area contributed by atoms with Crippen LogP contribution >= 0.6 is 0 Å². The molecule has 37 heavy (non-hydrogen) atoms. The molecule has 0 spiro atoms. The molecule has 0 aromatic heterocycles. The first-order valence-electron chi connectivity index (χ1n) is 11.1. The minimum atomic E-state index is -5.08. The zero-order chi connectivity index (χ0) is 28.7. The van der Waals surface area contributed by atoms with Crippen molar-refractivity contribution < 1.29 is 45.8 Å². The number of sulfonamides is 1. The summed E-state index contributed by atoms with van der Waals surface area (Å²) in [6.07, 6.45) is -5.08. The highest BCUT2D eigenvalue weighted by Gasteiger charge is 2.38. The summed E-state index contributed by atoms with van der Waals surface area (Å²) in [5.41, 5.74) is 1.04. The fourth-order valence-corrected chi connectivity index (χ4v) is 4.58. The smallest absolute Gasteiger partial charge is 0.478 e. The Morgan fingerprint density at radius 1 is 0.973 bits per heavy atom. The van der Waals surface area contributed by atoms with Crippen molar-refractivity contribution in [2.24, 2.45) is 11.8 Å². The van der Waals surface area contributed by atoms with Crippen molar-refractivity contribution in [3.8, 4) is 0 Å². The molecule has 0 aliphatic rings. The van der Waals surface area contributed by atoms with E-state index in [1.54, 1.807) is 13.0 Å². The minimum absolute atomic E-state index is 0.00691. The highest BCUT2D eigenvalue weighted by atomic mass is 32.2. The number of anilines is 2. The molecule has 0 bridgehead atoms. The van der Waals surface area contributed by atoms with E-state index in [0.29, 0.717) is 36.2 Å². The van der Waals surface area contributed by atoms with Crippen molar-refractivity contribution in [2.75, 3.05) is 22.7 Å². The molecule has 0 atom stereocenters. The first-order chi connectivity index (χ1) is 16.8. The van der Waals surface area contributed by atoms with Gasteiger partial charge in [-0.3, -0.25) is 4.72 Å². The second-order valence-electron chi connectivity index (χ2n) is 9.05. The van der Waals surface area contributed by atoms with Gasteiger partial charge in [-0.05, 0) is 54.7 Å². The number of nitrogens with zero attached hydrogens (tertiary/aromatic N) is 1. The van der Waals surface area contributed by atoms with Gasteiger partial charge in [0.15, 0.2) is 0 Å². The predicted molar refractivity (Wildman–Crippen MR) is 131 cm³/mol. The number of aryl methyl sites for hydroxylation is 1. The lowest BCUT2D eigenvalue weighted by Crippen LogP contribution is -2.32. The highest BCUT2D eigenvalue weighted by molar-refractivity contribution is 7.92. The average Bonchev–Trinajstić information content (AvgIpc) is 2.73. The summed E-state index contributed by atoms with van der Waals surface area (Å²) in [7, 11) is -4.08. The molecule has 13 heteroatoms. The Bertz CT molecular complexity index is 1200. The van der Waals surface area contributed by atoms with Crippen LogP contribution in [0.2, 0.25) is 0 Å². The van der Waals surface area contributed by atoms with Crippen molar-refractivity contribution in [1.82, 2.24) is 0 Å². The van der Waals surface area contributed by atoms with Crippen LogP contribution in [0.3, 0.4) is 0 Å². The van der Waals surface area contributed by atoms with Gasteiger partial charge in [-0.15, -0.1) is 0 Å². The Kier molecular flexibility index (Phi) is 10.9. The fraction of sp³-hybridized carbons (Fsp3) is 0.417. The van der Waals surface area contributed by atoms with Crippen LogP contribution < -0.4 is 9.62 Å². The maximum Gasteiger partial charge on any atom is 0.490 e. The van der Waals surface area contributed by atoms with E-state index in [1.165, 1.54) is 24.3 Å². The number of carboxylic acids is 2. The van der Waals surface area contributed by atoms with Gasteiger partial charge in [-0.2, -0.15) is 13.2 Å². The summed E-state index contributed by atoms with van der Waals surface area (Å²) in [5, 5.41) is 16.9.